The molecule has 136 valence electrons. The number of carbonyl (C=O) groups is 1. The van der Waals surface area contributed by atoms with E-state index in [4.69, 9.17) is 9.16 Å². The van der Waals surface area contributed by atoms with E-state index in [-0.39, 0.29) is 11.6 Å². The Morgan fingerprint density at radius 1 is 1.21 bits per heavy atom. The molecule has 0 radical (unpaired) electrons. The van der Waals surface area contributed by atoms with Crippen LogP contribution in [0.15, 0.2) is 24.3 Å². The van der Waals surface area contributed by atoms with Crippen molar-refractivity contribution in [2.75, 3.05) is 6.61 Å². The zero-order chi connectivity index (χ0) is 18.5. The largest absolute Gasteiger partial charge is 0.463 e. The van der Waals surface area contributed by atoms with Crippen molar-refractivity contribution in [1.29, 1.82) is 0 Å². The molecular weight excluding hydrogens is 324 g/mol. The molecular formula is C18H30O5Si. The summed E-state index contributed by atoms with van der Waals surface area (Å²) < 4.78 is 11.0. The van der Waals surface area contributed by atoms with Crippen LogP contribution in [0.5, 0.6) is 0 Å². The Morgan fingerprint density at radius 2 is 1.79 bits per heavy atom. The number of carbonyl (C=O) groups excluding carboxylic acids is 1. The molecule has 1 aromatic carbocycles. The van der Waals surface area contributed by atoms with Crippen molar-refractivity contribution in [2.45, 2.75) is 64.6 Å². The Morgan fingerprint density at radius 3 is 2.33 bits per heavy atom. The first-order valence-electron chi connectivity index (χ1n) is 8.17. The number of hydrogen-bond acceptors (Lipinski definition) is 5. The Bertz CT molecular complexity index is 551. The molecule has 0 aromatic heterocycles. The topological polar surface area (TPSA) is 76.0 Å². The first-order chi connectivity index (χ1) is 11.0. The van der Waals surface area contributed by atoms with Gasteiger partial charge in [0, 0.05) is 6.92 Å². The van der Waals surface area contributed by atoms with Gasteiger partial charge >= 0.3 is 5.97 Å². The van der Waals surface area contributed by atoms with Gasteiger partial charge in [0.2, 0.25) is 0 Å². The number of ether oxygens (including phenoxy) is 1. The van der Waals surface area contributed by atoms with Crippen LogP contribution in [0.2, 0.25) is 18.1 Å². The Hall–Kier alpha value is -1.21. The normalized spacial score (nSPS) is 15.0. The molecule has 0 fully saturated rings. The molecule has 0 amide bonds. The van der Waals surface area contributed by atoms with Gasteiger partial charge < -0.3 is 19.4 Å². The molecule has 24 heavy (non-hydrogen) atoms. The van der Waals surface area contributed by atoms with Gasteiger partial charge in [-0.2, -0.15) is 0 Å². The second-order valence-corrected chi connectivity index (χ2v) is 12.4. The molecule has 6 heteroatoms. The van der Waals surface area contributed by atoms with Crippen LogP contribution in [-0.4, -0.2) is 37.2 Å². The fraction of sp³-hybridized carbons (Fsp3) is 0.611. The molecule has 0 aliphatic heterocycles. The smallest absolute Gasteiger partial charge is 0.302 e. The molecule has 0 saturated heterocycles. The maximum Gasteiger partial charge on any atom is 0.302 e. The van der Waals surface area contributed by atoms with Crippen LogP contribution >= 0.6 is 0 Å². The summed E-state index contributed by atoms with van der Waals surface area (Å²) in [5.41, 5.74) is 1.42. The number of benzene rings is 1. The molecule has 0 aliphatic carbocycles. The lowest BCUT2D eigenvalue weighted by atomic mass is 9.99. The monoisotopic (exact) mass is 354 g/mol. The molecule has 0 saturated carbocycles. The third-order valence-electron chi connectivity index (χ3n) is 4.59. The summed E-state index contributed by atoms with van der Waals surface area (Å²) in [6, 6.07) is 7.31. The van der Waals surface area contributed by atoms with Gasteiger partial charge in [-0.25, -0.2) is 0 Å². The highest BCUT2D eigenvalue weighted by atomic mass is 28.4. The van der Waals surface area contributed by atoms with Crippen LogP contribution in [0.4, 0.5) is 0 Å². The molecule has 0 bridgehead atoms. The lowest BCUT2D eigenvalue weighted by Gasteiger charge is -2.36. The van der Waals surface area contributed by atoms with Crippen molar-refractivity contribution in [2.24, 2.45) is 0 Å². The first-order valence-corrected chi connectivity index (χ1v) is 11.1. The molecule has 1 aromatic rings. The van der Waals surface area contributed by atoms with Crippen LogP contribution in [-0.2, 0) is 20.6 Å². The summed E-state index contributed by atoms with van der Waals surface area (Å²) in [4.78, 5) is 10.9. The maximum absolute atomic E-state index is 10.9. The van der Waals surface area contributed by atoms with Gasteiger partial charge in [0.15, 0.2) is 8.32 Å². The second kappa shape index (κ2) is 8.25. The average molecular weight is 355 g/mol. The summed E-state index contributed by atoms with van der Waals surface area (Å²) in [6.07, 6.45) is -2.31. The highest BCUT2D eigenvalue weighted by molar-refractivity contribution is 6.74. The fourth-order valence-corrected chi connectivity index (χ4v) is 2.88. The van der Waals surface area contributed by atoms with Crippen molar-refractivity contribution in [3.05, 3.63) is 35.4 Å². The first kappa shape index (κ1) is 20.8. The third kappa shape index (κ3) is 5.70. The lowest BCUT2D eigenvalue weighted by Crippen LogP contribution is -2.40. The maximum atomic E-state index is 10.9. The van der Waals surface area contributed by atoms with E-state index in [1.54, 1.807) is 12.1 Å². The van der Waals surface area contributed by atoms with Crippen molar-refractivity contribution in [1.82, 2.24) is 0 Å². The van der Waals surface area contributed by atoms with Crippen LogP contribution < -0.4 is 0 Å². The predicted octanol–water partition coefficient (Wildman–Crippen LogP) is 3.17. The number of hydrogen-bond donors (Lipinski definition) is 2. The number of esters is 1. The molecule has 2 atom stereocenters. The van der Waals surface area contributed by atoms with Gasteiger partial charge in [-0.15, -0.1) is 0 Å². The minimum atomic E-state index is -1.92. The van der Waals surface area contributed by atoms with Gasteiger partial charge in [-0.1, -0.05) is 45.0 Å². The quantitative estimate of drug-likeness (QED) is 0.581. The molecule has 2 unspecified atom stereocenters. The van der Waals surface area contributed by atoms with E-state index in [1.165, 1.54) is 6.92 Å². The van der Waals surface area contributed by atoms with Crippen LogP contribution in [0, 0.1) is 0 Å². The van der Waals surface area contributed by atoms with Gasteiger partial charge in [-0.3, -0.25) is 4.79 Å². The van der Waals surface area contributed by atoms with E-state index in [0.717, 1.165) is 5.56 Å². The van der Waals surface area contributed by atoms with Crippen LogP contribution in [0.25, 0.3) is 0 Å². The molecule has 0 aliphatic rings. The molecule has 5 nitrogen and oxygen atoms in total. The van der Waals surface area contributed by atoms with Crippen molar-refractivity contribution in [3.63, 3.8) is 0 Å². The van der Waals surface area contributed by atoms with Crippen molar-refractivity contribution >= 4 is 14.3 Å². The highest BCUT2D eigenvalue weighted by Crippen LogP contribution is 2.37. The number of aliphatic hydroxyl groups is 2. The minimum Gasteiger partial charge on any atom is -0.463 e. The third-order valence-corrected chi connectivity index (χ3v) is 9.07. The van der Waals surface area contributed by atoms with Crippen LogP contribution in [0.1, 0.15) is 44.9 Å². The standard InChI is InChI=1S/C18H30O5Si/c1-13(19)22-12-16(20)17(21)15-10-8-7-9-14(15)11-23-24(5,6)18(2,3)4/h7-10,16-17,20-21H,11-12H2,1-6H3. The van der Waals surface area contributed by atoms with Gasteiger partial charge in [-0.05, 0) is 29.3 Å². The summed E-state index contributed by atoms with van der Waals surface area (Å²) >= 11 is 0. The molecule has 2 N–H and O–H groups in total. The van der Waals surface area contributed by atoms with E-state index >= 15 is 0 Å². The predicted molar refractivity (Wildman–Crippen MR) is 96.0 cm³/mol. The minimum absolute atomic E-state index is 0.0927. The summed E-state index contributed by atoms with van der Waals surface area (Å²) in [7, 11) is -1.92. The van der Waals surface area contributed by atoms with E-state index in [9.17, 15) is 15.0 Å². The Balaban J connectivity index is 2.86. The average Bonchev–Trinajstić information content (AvgIpc) is 2.49. The summed E-state index contributed by atoms with van der Waals surface area (Å²) in [5.74, 6) is -0.490. The number of aliphatic hydroxyl groups excluding tert-OH is 2. The van der Waals surface area contributed by atoms with E-state index in [1.807, 2.05) is 12.1 Å². The van der Waals surface area contributed by atoms with E-state index in [0.29, 0.717) is 12.2 Å². The zero-order valence-electron chi connectivity index (χ0n) is 15.5. The lowest BCUT2D eigenvalue weighted by molar-refractivity contribution is -0.146. The van der Waals surface area contributed by atoms with Crippen molar-refractivity contribution in [3.8, 4) is 0 Å². The molecule has 0 spiro atoms. The molecule has 0 heterocycles. The van der Waals surface area contributed by atoms with Crippen molar-refractivity contribution < 1.29 is 24.2 Å². The zero-order valence-corrected chi connectivity index (χ0v) is 16.5. The highest BCUT2D eigenvalue weighted by Gasteiger charge is 2.37. The van der Waals surface area contributed by atoms with Gasteiger partial charge in [0.1, 0.15) is 18.8 Å². The second-order valence-electron chi connectivity index (χ2n) is 7.56. The SMILES string of the molecule is CC(=O)OCC(O)C(O)c1ccccc1CO[Si](C)(C)C(C)(C)C. The summed E-state index contributed by atoms with van der Waals surface area (Å²) in [5, 5.41) is 20.5. The van der Waals surface area contributed by atoms with Gasteiger partial charge in [0.05, 0.1) is 6.61 Å². The van der Waals surface area contributed by atoms with Crippen LogP contribution in [0.3, 0.4) is 0 Å². The van der Waals surface area contributed by atoms with E-state index in [2.05, 4.69) is 33.9 Å². The van der Waals surface area contributed by atoms with Gasteiger partial charge in [0.25, 0.3) is 0 Å². The fourth-order valence-electron chi connectivity index (χ4n) is 1.93. The van der Waals surface area contributed by atoms with E-state index < -0.39 is 26.5 Å². The Labute approximate surface area is 145 Å². The molecule has 1 rings (SSSR count). The Kier molecular flexibility index (Phi) is 7.16. The summed E-state index contributed by atoms with van der Waals surface area (Å²) in [6.45, 7) is 12.2. The number of rotatable bonds is 7.